The number of allylic oxidation sites excluding steroid dienone is 4. The van der Waals surface area contributed by atoms with Gasteiger partial charge in [0.05, 0.1) is 0 Å². The molecule has 2 aliphatic rings. The quantitative estimate of drug-likeness (QED) is 0.569. The van der Waals surface area contributed by atoms with E-state index in [-0.39, 0.29) is 0 Å². The van der Waals surface area contributed by atoms with Crippen LogP contribution in [-0.4, -0.2) is 0 Å². The van der Waals surface area contributed by atoms with Crippen molar-refractivity contribution in [2.45, 2.75) is 39.5 Å². The summed E-state index contributed by atoms with van der Waals surface area (Å²) in [6, 6.07) is 0. The molecule has 3 unspecified atom stereocenters. The minimum absolute atomic E-state index is 0.905. The van der Waals surface area contributed by atoms with Crippen LogP contribution in [0, 0.1) is 17.8 Å². The van der Waals surface area contributed by atoms with E-state index in [1.54, 1.807) is 5.57 Å². The second kappa shape index (κ2) is 3.69. The van der Waals surface area contributed by atoms with Gasteiger partial charge in [-0.25, -0.2) is 0 Å². The highest BCUT2D eigenvalue weighted by molar-refractivity contribution is 5.18. The summed E-state index contributed by atoms with van der Waals surface area (Å²) in [4.78, 5) is 0. The topological polar surface area (TPSA) is 0 Å². The maximum Gasteiger partial charge on any atom is -0.0166 e. The van der Waals surface area contributed by atoms with Gasteiger partial charge in [-0.15, -0.1) is 0 Å². The summed E-state index contributed by atoms with van der Waals surface area (Å²) >= 11 is 0. The maximum atomic E-state index is 2.44. The normalized spacial score (nSPS) is 36.8. The molecular weight excluding hydrogens is 156 g/mol. The predicted molar refractivity (Wildman–Crippen MR) is 57.5 cm³/mol. The van der Waals surface area contributed by atoms with E-state index in [1.165, 1.54) is 25.7 Å². The first-order valence-corrected chi connectivity index (χ1v) is 5.67. The number of hydrogen-bond donors (Lipinski definition) is 0. The Balaban J connectivity index is 1.69. The van der Waals surface area contributed by atoms with E-state index < -0.39 is 0 Å². The highest BCUT2D eigenvalue weighted by Gasteiger charge is 2.42. The lowest BCUT2D eigenvalue weighted by Crippen LogP contribution is -1.73. The zero-order chi connectivity index (χ0) is 9.26. The van der Waals surface area contributed by atoms with Crippen molar-refractivity contribution in [2.24, 2.45) is 17.8 Å². The van der Waals surface area contributed by atoms with Crippen molar-refractivity contribution < 1.29 is 0 Å². The van der Waals surface area contributed by atoms with Crippen LogP contribution in [0.4, 0.5) is 0 Å². The Morgan fingerprint density at radius 1 is 1.38 bits per heavy atom. The Morgan fingerprint density at radius 3 is 2.69 bits per heavy atom. The molecule has 0 saturated heterocycles. The predicted octanol–water partition coefficient (Wildman–Crippen LogP) is 3.95. The second-order valence-corrected chi connectivity index (χ2v) is 4.53. The summed E-state index contributed by atoms with van der Waals surface area (Å²) in [6.45, 7) is 4.68. The van der Waals surface area contributed by atoms with Gasteiger partial charge >= 0.3 is 0 Å². The van der Waals surface area contributed by atoms with E-state index in [1.807, 2.05) is 0 Å². The van der Waals surface area contributed by atoms with Gasteiger partial charge in [-0.1, -0.05) is 44.1 Å². The van der Waals surface area contributed by atoms with Crippen molar-refractivity contribution in [1.82, 2.24) is 0 Å². The molecule has 0 aromatic heterocycles. The zero-order valence-corrected chi connectivity index (χ0v) is 8.79. The van der Waals surface area contributed by atoms with Gasteiger partial charge in [0.15, 0.2) is 0 Å². The minimum atomic E-state index is 0.905. The van der Waals surface area contributed by atoms with E-state index in [4.69, 9.17) is 0 Å². The van der Waals surface area contributed by atoms with Crippen LogP contribution in [0.2, 0.25) is 0 Å². The zero-order valence-electron chi connectivity index (χ0n) is 8.79. The van der Waals surface area contributed by atoms with Gasteiger partial charge < -0.3 is 0 Å². The van der Waals surface area contributed by atoms with Gasteiger partial charge in [-0.3, -0.25) is 0 Å². The van der Waals surface area contributed by atoms with Crippen LogP contribution >= 0.6 is 0 Å². The molecule has 3 atom stereocenters. The third-order valence-electron chi connectivity index (χ3n) is 3.55. The average Bonchev–Trinajstić information content (AvgIpc) is 2.99. The van der Waals surface area contributed by atoms with Gasteiger partial charge in [0.1, 0.15) is 0 Å². The standard InChI is InChI=1S/C13H20/c1-3-12-10(2)13(12)7-5-4-6-11-8-9-11/h5-7,10,12-13H,3-4,8-9H2,1-2H3. The Kier molecular flexibility index (Phi) is 2.57. The van der Waals surface area contributed by atoms with Crippen LogP contribution in [-0.2, 0) is 0 Å². The van der Waals surface area contributed by atoms with Crippen LogP contribution in [0.15, 0.2) is 23.8 Å². The molecule has 0 heteroatoms. The minimum Gasteiger partial charge on any atom is -0.0845 e. The Labute approximate surface area is 81.7 Å². The third-order valence-corrected chi connectivity index (χ3v) is 3.55. The second-order valence-electron chi connectivity index (χ2n) is 4.53. The lowest BCUT2D eigenvalue weighted by atomic mass is 10.2. The van der Waals surface area contributed by atoms with Crippen LogP contribution in [0.1, 0.15) is 39.5 Å². The van der Waals surface area contributed by atoms with Crippen LogP contribution in [0.5, 0.6) is 0 Å². The molecule has 0 radical (unpaired) electrons. The third kappa shape index (κ3) is 2.24. The molecule has 72 valence electrons. The van der Waals surface area contributed by atoms with E-state index in [2.05, 4.69) is 32.1 Å². The fourth-order valence-corrected chi connectivity index (χ4v) is 2.29. The molecule has 0 N–H and O–H groups in total. The maximum absolute atomic E-state index is 2.44. The van der Waals surface area contributed by atoms with E-state index in [0.717, 1.165) is 17.8 Å². The Bertz CT molecular complexity index is 228. The Hall–Kier alpha value is -0.520. The molecule has 0 amide bonds. The summed E-state index contributed by atoms with van der Waals surface area (Å²) < 4.78 is 0. The van der Waals surface area contributed by atoms with Gasteiger partial charge in [0.2, 0.25) is 0 Å². The molecule has 0 aromatic carbocycles. The molecule has 2 rings (SSSR count). The smallest absolute Gasteiger partial charge is 0.0166 e. The molecule has 2 aliphatic carbocycles. The van der Waals surface area contributed by atoms with Crippen LogP contribution in [0.3, 0.4) is 0 Å². The highest BCUT2D eigenvalue weighted by atomic mass is 14.5. The van der Waals surface area contributed by atoms with Gasteiger partial charge in [-0.2, -0.15) is 0 Å². The van der Waals surface area contributed by atoms with Crippen molar-refractivity contribution in [3.63, 3.8) is 0 Å². The fraction of sp³-hybridized carbons (Fsp3) is 0.692. The van der Waals surface area contributed by atoms with Gasteiger partial charge in [-0.05, 0) is 37.0 Å². The molecular formula is C13H20. The van der Waals surface area contributed by atoms with Gasteiger partial charge in [0.25, 0.3) is 0 Å². The van der Waals surface area contributed by atoms with E-state index in [9.17, 15) is 0 Å². The van der Waals surface area contributed by atoms with Crippen molar-refractivity contribution >= 4 is 0 Å². The molecule has 0 nitrogen and oxygen atoms in total. The molecule has 2 fully saturated rings. The van der Waals surface area contributed by atoms with E-state index >= 15 is 0 Å². The SMILES string of the molecule is CCC1C(C)C1C=CCC=C1CC1. The van der Waals surface area contributed by atoms with Crippen LogP contribution < -0.4 is 0 Å². The summed E-state index contributed by atoms with van der Waals surface area (Å²) in [6.07, 6.45) is 12.5. The molecule has 0 heterocycles. The monoisotopic (exact) mass is 176 g/mol. The number of rotatable bonds is 4. The fourth-order valence-electron chi connectivity index (χ4n) is 2.29. The largest absolute Gasteiger partial charge is 0.0845 e. The van der Waals surface area contributed by atoms with Crippen molar-refractivity contribution in [3.8, 4) is 0 Å². The first-order chi connectivity index (χ1) is 6.33. The molecule has 13 heavy (non-hydrogen) atoms. The molecule has 0 aliphatic heterocycles. The van der Waals surface area contributed by atoms with Crippen LogP contribution in [0.25, 0.3) is 0 Å². The summed E-state index contributed by atoms with van der Waals surface area (Å²) in [5.41, 5.74) is 1.67. The first kappa shape index (κ1) is 9.05. The van der Waals surface area contributed by atoms with Crippen molar-refractivity contribution in [3.05, 3.63) is 23.8 Å². The molecule has 2 saturated carbocycles. The average molecular weight is 176 g/mol. The van der Waals surface area contributed by atoms with Crippen molar-refractivity contribution in [2.75, 3.05) is 0 Å². The van der Waals surface area contributed by atoms with Gasteiger partial charge in [0, 0.05) is 0 Å². The Morgan fingerprint density at radius 2 is 2.15 bits per heavy atom. The summed E-state index contributed by atoms with van der Waals surface area (Å²) in [5, 5.41) is 0. The highest BCUT2D eigenvalue weighted by Crippen LogP contribution is 2.48. The lowest BCUT2D eigenvalue weighted by Gasteiger charge is -1.85. The summed E-state index contributed by atoms with van der Waals surface area (Å²) in [5.74, 6) is 2.85. The van der Waals surface area contributed by atoms with E-state index in [0.29, 0.717) is 0 Å². The molecule has 0 bridgehead atoms. The van der Waals surface area contributed by atoms with Crippen molar-refractivity contribution in [1.29, 1.82) is 0 Å². The first-order valence-electron chi connectivity index (χ1n) is 5.67. The number of hydrogen-bond acceptors (Lipinski definition) is 0. The lowest BCUT2D eigenvalue weighted by molar-refractivity contribution is 0.716. The summed E-state index contributed by atoms with van der Waals surface area (Å²) in [7, 11) is 0. The molecule has 0 spiro atoms. The molecule has 0 aromatic rings.